The summed E-state index contributed by atoms with van der Waals surface area (Å²) in [5.74, 6) is 0. The van der Waals surface area contributed by atoms with Crippen LogP contribution in [-0.4, -0.2) is 31.1 Å². The highest BCUT2D eigenvalue weighted by atomic mass is 15.1. The van der Waals surface area contributed by atoms with Crippen molar-refractivity contribution in [2.75, 3.05) is 26.2 Å². The molecule has 0 amide bonds. The van der Waals surface area contributed by atoms with Gasteiger partial charge in [0.25, 0.3) is 0 Å². The zero-order chi connectivity index (χ0) is 12.8. The summed E-state index contributed by atoms with van der Waals surface area (Å²) in [6, 6.07) is 0. The van der Waals surface area contributed by atoms with E-state index in [1.807, 2.05) is 0 Å². The minimum atomic E-state index is 0.425. The van der Waals surface area contributed by atoms with Crippen LogP contribution < -0.4 is 5.73 Å². The lowest BCUT2D eigenvalue weighted by Gasteiger charge is -2.29. The molecule has 0 unspecified atom stereocenters. The summed E-state index contributed by atoms with van der Waals surface area (Å²) >= 11 is 0. The monoisotopic (exact) mass is 228 g/mol. The van der Waals surface area contributed by atoms with E-state index in [1.54, 1.807) is 0 Å². The zero-order valence-electron chi connectivity index (χ0n) is 12.3. The van der Waals surface area contributed by atoms with E-state index in [1.165, 1.54) is 25.9 Å². The first kappa shape index (κ1) is 15.9. The van der Waals surface area contributed by atoms with Gasteiger partial charge in [0.2, 0.25) is 0 Å². The molecule has 0 saturated heterocycles. The van der Waals surface area contributed by atoms with Crippen molar-refractivity contribution in [1.82, 2.24) is 4.90 Å². The van der Waals surface area contributed by atoms with Crippen LogP contribution in [-0.2, 0) is 0 Å². The van der Waals surface area contributed by atoms with E-state index >= 15 is 0 Å². The summed E-state index contributed by atoms with van der Waals surface area (Å²) < 4.78 is 0. The highest BCUT2D eigenvalue weighted by Gasteiger charge is 2.16. The van der Waals surface area contributed by atoms with Crippen LogP contribution in [0.3, 0.4) is 0 Å². The van der Waals surface area contributed by atoms with E-state index in [4.69, 9.17) is 5.73 Å². The summed E-state index contributed by atoms with van der Waals surface area (Å²) in [4.78, 5) is 2.51. The van der Waals surface area contributed by atoms with E-state index < -0.39 is 0 Å². The van der Waals surface area contributed by atoms with Crippen molar-refractivity contribution in [3.63, 3.8) is 0 Å². The molecular weight excluding hydrogens is 196 g/mol. The van der Waals surface area contributed by atoms with Gasteiger partial charge in [-0.05, 0) is 36.8 Å². The maximum Gasteiger partial charge on any atom is 0.0105 e. The van der Waals surface area contributed by atoms with Crippen LogP contribution in [0.2, 0.25) is 0 Å². The molecule has 0 heterocycles. The van der Waals surface area contributed by atoms with E-state index in [2.05, 4.69) is 46.4 Å². The highest BCUT2D eigenvalue weighted by molar-refractivity contribution is 4.70. The quantitative estimate of drug-likeness (QED) is 0.757. The van der Waals surface area contributed by atoms with Crippen molar-refractivity contribution in [1.29, 1.82) is 0 Å². The second-order valence-corrected chi connectivity index (χ2v) is 7.25. The van der Waals surface area contributed by atoms with E-state index in [9.17, 15) is 0 Å². The van der Waals surface area contributed by atoms with Gasteiger partial charge in [0, 0.05) is 13.1 Å². The molecule has 98 valence electrons. The lowest BCUT2D eigenvalue weighted by molar-refractivity contribution is 0.203. The maximum atomic E-state index is 5.67. The summed E-state index contributed by atoms with van der Waals surface area (Å²) in [5.41, 5.74) is 6.52. The molecule has 0 radical (unpaired) electrons. The predicted molar refractivity (Wildman–Crippen MR) is 73.6 cm³/mol. The average molecular weight is 228 g/mol. The third-order valence-electron chi connectivity index (χ3n) is 2.80. The van der Waals surface area contributed by atoms with Gasteiger partial charge in [-0.1, -0.05) is 41.5 Å². The van der Waals surface area contributed by atoms with E-state index in [0.29, 0.717) is 10.8 Å². The highest BCUT2D eigenvalue weighted by Crippen LogP contribution is 2.21. The minimum absolute atomic E-state index is 0.425. The molecule has 0 saturated carbocycles. The zero-order valence-corrected chi connectivity index (χ0v) is 12.3. The molecule has 0 aliphatic rings. The molecule has 2 nitrogen and oxygen atoms in total. The molecule has 0 rings (SSSR count). The van der Waals surface area contributed by atoms with Crippen molar-refractivity contribution in [2.45, 2.75) is 54.4 Å². The van der Waals surface area contributed by atoms with Crippen molar-refractivity contribution in [3.8, 4) is 0 Å². The second kappa shape index (κ2) is 6.61. The molecule has 16 heavy (non-hydrogen) atoms. The van der Waals surface area contributed by atoms with Crippen LogP contribution in [0.4, 0.5) is 0 Å². The largest absolute Gasteiger partial charge is 0.329 e. The van der Waals surface area contributed by atoms with Gasteiger partial charge in [0.15, 0.2) is 0 Å². The van der Waals surface area contributed by atoms with Gasteiger partial charge >= 0.3 is 0 Å². The minimum Gasteiger partial charge on any atom is -0.329 e. The first-order chi connectivity index (χ1) is 7.14. The lowest BCUT2D eigenvalue weighted by atomic mass is 9.90. The Kier molecular flexibility index (Phi) is 6.57. The van der Waals surface area contributed by atoms with Gasteiger partial charge in [-0.15, -0.1) is 0 Å². The normalized spacial score (nSPS) is 13.5. The van der Waals surface area contributed by atoms with Crippen LogP contribution in [0.1, 0.15) is 54.4 Å². The summed E-state index contributed by atoms with van der Waals surface area (Å²) in [6.07, 6.45) is 2.49. The molecule has 0 aromatic carbocycles. The Morgan fingerprint density at radius 3 is 1.38 bits per heavy atom. The van der Waals surface area contributed by atoms with E-state index in [-0.39, 0.29) is 0 Å². The Hall–Kier alpha value is -0.0800. The van der Waals surface area contributed by atoms with Gasteiger partial charge in [0.05, 0.1) is 0 Å². The Bertz CT molecular complexity index is 156. The van der Waals surface area contributed by atoms with E-state index in [0.717, 1.165) is 13.1 Å². The maximum absolute atomic E-state index is 5.67. The second-order valence-electron chi connectivity index (χ2n) is 7.25. The van der Waals surface area contributed by atoms with Crippen LogP contribution in [0.25, 0.3) is 0 Å². The molecule has 0 spiro atoms. The van der Waals surface area contributed by atoms with Crippen LogP contribution >= 0.6 is 0 Å². The van der Waals surface area contributed by atoms with Crippen LogP contribution in [0, 0.1) is 10.8 Å². The van der Waals surface area contributed by atoms with Crippen LogP contribution in [0.15, 0.2) is 0 Å². The molecule has 0 aliphatic carbocycles. The lowest BCUT2D eigenvalue weighted by Crippen LogP contribution is -2.34. The average Bonchev–Trinajstić information content (AvgIpc) is 2.07. The van der Waals surface area contributed by atoms with Gasteiger partial charge in [-0.25, -0.2) is 0 Å². The van der Waals surface area contributed by atoms with Crippen molar-refractivity contribution in [3.05, 3.63) is 0 Å². The summed E-state index contributed by atoms with van der Waals surface area (Å²) in [7, 11) is 0. The molecule has 2 N–H and O–H groups in total. The van der Waals surface area contributed by atoms with Crippen molar-refractivity contribution < 1.29 is 0 Å². The molecule has 2 heteroatoms. The topological polar surface area (TPSA) is 29.3 Å². The number of nitrogens with two attached hydrogens (primary N) is 1. The van der Waals surface area contributed by atoms with Gasteiger partial charge < -0.3 is 10.6 Å². The summed E-state index contributed by atoms with van der Waals surface area (Å²) in [6.45, 7) is 18.0. The fourth-order valence-electron chi connectivity index (χ4n) is 1.51. The van der Waals surface area contributed by atoms with Crippen molar-refractivity contribution in [2.24, 2.45) is 16.6 Å². The number of hydrogen-bond donors (Lipinski definition) is 1. The fourth-order valence-corrected chi connectivity index (χ4v) is 1.51. The molecule has 0 aromatic rings. The predicted octanol–water partition coefficient (Wildman–Crippen LogP) is 3.12. The Morgan fingerprint density at radius 1 is 0.750 bits per heavy atom. The van der Waals surface area contributed by atoms with Gasteiger partial charge in [-0.3, -0.25) is 0 Å². The first-order valence-electron chi connectivity index (χ1n) is 6.56. The molecule has 0 bridgehead atoms. The molecule has 0 fully saturated rings. The van der Waals surface area contributed by atoms with Gasteiger partial charge in [-0.2, -0.15) is 0 Å². The Morgan fingerprint density at radius 2 is 1.12 bits per heavy atom. The standard InChI is InChI=1S/C14H32N2/c1-13(2,3)7-10-16(12-9-15)11-8-14(4,5)6/h7-12,15H2,1-6H3. The van der Waals surface area contributed by atoms with Crippen LogP contribution in [0.5, 0.6) is 0 Å². The molecule has 0 aromatic heterocycles. The SMILES string of the molecule is CC(C)(C)CCN(CCN)CCC(C)(C)C. The molecule has 0 atom stereocenters. The third kappa shape index (κ3) is 10.4. The number of rotatable bonds is 6. The van der Waals surface area contributed by atoms with Gasteiger partial charge in [0.1, 0.15) is 0 Å². The van der Waals surface area contributed by atoms with Crippen molar-refractivity contribution >= 4 is 0 Å². The number of hydrogen-bond acceptors (Lipinski definition) is 2. The first-order valence-corrected chi connectivity index (χ1v) is 6.56. The Balaban J connectivity index is 3.98. The smallest absolute Gasteiger partial charge is 0.0105 e. The fraction of sp³-hybridized carbons (Fsp3) is 1.00. The Labute approximate surface area is 103 Å². The summed E-state index contributed by atoms with van der Waals surface area (Å²) in [5, 5.41) is 0. The third-order valence-corrected chi connectivity index (χ3v) is 2.80. The molecule has 0 aliphatic heterocycles. The number of nitrogens with zero attached hydrogens (tertiary/aromatic N) is 1. The molecular formula is C14H32N2.